The van der Waals surface area contributed by atoms with Crippen LogP contribution in [0.25, 0.3) is 12.2 Å². The highest BCUT2D eigenvalue weighted by Crippen LogP contribution is 2.23. The van der Waals surface area contributed by atoms with Gasteiger partial charge in [-0.25, -0.2) is 0 Å². The molecule has 0 radical (unpaired) electrons. The molecule has 4 heteroatoms. The van der Waals surface area contributed by atoms with Crippen molar-refractivity contribution in [3.8, 4) is 0 Å². The van der Waals surface area contributed by atoms with Gasteiger partial charge in [0.25, 0.3) is 0 Å². The molecule has 1 heterocycles. The summed E-state index contributed by atoms with van der Waals surface area (Å²) < 4.78 is 0. The van der Waals surface area contributed by atoms with E-state index in [4.69, 9.17) is 23.2 Å². The third kappa shape index (κ3) is 4.60. The molecule has 128 valence electrons. The maximum Gasteiger partial charge on any atom is 0.187 e. The second kappa shape index (κ2) is 8.01. The van der Waals surface area contributed by atoms with Crippen LogP contribution in [0, 0.1) is 0 Å². The van der Waals surface area contributed by atoms with Crippen LogP contribution in [0.5, 0.6) is 0 Å². The van der Waals surface area contributed by atoms with Crippen molar-refractivity contribution in [2.75, 3.05) is 19.6 Å². The highest BCUT2D eigenvalue weighted by molar-refractivity contribution is 6.30. The zero-order valence-corrected chi connectivity index (χ0v) is 15.5. The number of carbonyl (C=O) groups is 1. The van der Waals surface area contributed by atoms with E-state index in [2.05, 4.69) is 11.8 Å². The number of nitrogens with zero attached hydrogens (tertiary/aromatic N) is 1. The van der Waals surface area contributed by atoms with Gasteiger partial charge in [-0.05, 0) is 54.1 Å². The Labute approximate surface area is 158 Å². The number of carbonyl (C=O) groups excluding carboxylic acids is 1. The molecule has 0 saturated carbocycles. The number of benzene rings is 2. The molecule has 1 saturated heterocycles. The van der Waals surface area contributed by atoms with E-state index in [1.54, 1.807) is 0 Å². The van der Waals surface area contributed by atoms with Gasteiger partial charge in [-0.15, -0.1) is 0 Å². The second-order valence-corrected chi connectivity index (χ2v) is 6.95. The topological polar surface area (TPSA) is 20.3 Å². The van der Waals surface area contributed by atoms with Crippen molar-refractivity contribution in [3.63, 3.8) is 0 Å². The summed E-state index contributed by atoms with van der Waals surface area (Å²) >= 11 is 11.9. The summed E-state index contributed by atoms with van der Waals surface area (Å²) in [4.78, 5) is 15.2. The van der Waals surface area contributed by atoms with Gasteiger partial charge in [-0.1, -0.05) is 54.4 Å². The molecule has 0 amide bonds. The Morgan fingerprint density at radius 2 is 1.24 bits per heavy atom. The minimum Gasteiger partial charge on any atom is -0.295 e. The lowest BCUT2D eigenvalue weighted by Gasteiger charge is -2.28. The summed E-state index contributed by atoms with van der Waals surface area (Å²) in [6.45, 7) is 4.32. The summed E-state index contributed by atoms with van der Waals surface area (Å²) in [5, 5.41) is 1.38. The smallest absolute Gasteiger partial charge is 0.187 e. The first-order valence-corrected chi connectivity index (χ1v) is 9.00. The first-order chi connectivity index (χ1) is 12.0. The predicted octanol–water partition coefficient (Wildman–Crippen LogP) is 5.37. The van der Waals surface area contributed by atoms with Crippen LogP contribution < -0.4 is 0 Å². The number of likely N-dealkylation sites (tertiary alicyclic amines) is 1. The van der Waals surface area contributed by atoms with Crippen molar-refractivity contribution in [2.24, 2.45) is 0 Å². The Kier molecular flexibility index (Phi) is 5.74. The molecular formula is C21H19Cl2NO. The summed E-state index contributed by atoms with van der Waals surface area (Å²) in [7, 11) is 0. The summed E-state index contributed by atoms with van der Waals surface area (Å²) in [6, 6.07) is 15.1. The number of rotatable bonds is 3. The van der Waals surface area contributed by atoms with Crippen molar-refractivity contribution >= 4 is 41.1 Å². The third-order valence-electron chi connectivity index (χ3n) is 4.24. The Morgan fingerprint density at radius 1 is 0.840 bits per heavy atom. The van der Waals surface area contributed by atoms with E-state index in [1.807, 2.05) is 60.7 Å². The van der Waals surface area contributed by atoms with Gasteiger partial charge >= 0.3 is 0 Å². The Bertz CT molecular complexity index is 752. The van der Waals surface area contributed by atoms with Crippen molar-refractivity contribution in [1.29, 1.82) is 0 Å². The van der Waals surface area contributed by atoms with Crippen LogP contribution in [-0.2, 0) is 4.79 Å². The molecule has 0 spiro atoms. The van der Waals surface area contributed by atoms with Gasteiger partial charge in [0.2, 0.25) is 0 Å². The zero-order valence-electron chi connectivity index (χ0n) is 14.0. The van der Waals surface area contributed by atoms with Gasteiger partial charge in [0.15, 0.2) is 5.78 Å². The van der Waals surface area contributed by atoms with Crippen LogP contribution in [0.4, 0.5) is 0 Å². The van der Waals surface area contributed by atoms with Crippen LogP contribution in [-0.4, -0.2) is 30.3 Å². The van der Waals surface area contributed by atoms with Crippen molar-refractivity contribution in [2.45, 2.75) is 6.92 Å². The molecule has 0 N–H and O–H groups in total. The van der Waals surface area contributed by atoms with E-state index in [-0.39, 0.29) is 5.78 Å². The lowest BCUT2D eigenvalue weighted by atomic mass is 9.94. The molecule has 1 aliphatic rings. The van der Waals surface area contributed by atoms with Gasteiger partial charge < -0.3 is 0 Å². The number of likely N-dealkylation sites (N-methyl/N-ethyl adjacent to an activating group) is 1. The standard InChI is InChI=1S/C21H19Cl2NO/c1-2-24-13-17(11-15-3-7-19(22)8-4-15)21(25)18(14-24)12-16-5-9-20(23)10-6-16/h3-12H,2,13-14H2,1H3/b17-11-,18-12+. The molecule has 2 aromatic carbocycles. The number of ketones is 1. The number of Topliss-reactive ketones (excluding diaryl/α,β-unsaturated/α-hetero) is 1. The average Bonchev–Trinajstić information content (AvgIpc) is 2.62. The number of piperidine rings is 1. The molecule has 0 aliphatic carbocycles. The van der Waals surface area contributed by atoms with Gasteiger partial charge in [0, 0.05) is 34.3 Å². The molecular weight excluding hydrogens is 353 g/mol. The van der Waals surface area contributed by atoms with Crippen LogP contribution in [0.3, 0.4) is 0 Å². The van der Waals surface area contributed by atoms with Crippen LogP contribution in [0.2, 0.25) is 10.0 Å². The molecule has 0 aromatic heterocycles. The molecule has 2 nitrogen and oxygen atoms in total. The predicted molar refractivity (Wildman–Crippen MR) is 106 cm³/mol. The maximum atomic E-state index is 12.9. The van der Waals surface area contributed by atoms with Crippen molar-refractivity contribution in [3.05, 3.63) is 80.8 Å². The minimum atomic E-state index is 0.106. The molecule has 3 rings (SSSR count). The van der Waals surface area contributed by atoms with Gasteiger partial charge in [0.05, 0.1) is 0 Å². The van der Waals surface area contributed by atoms with E-state index in [0.717, 1.165) is 28.8 Å². The summed E-state index contributed by atoms with van der Waals surface area (Å²) in [5.74, 6) is 0.106. The molecule has 1 fully saturated rings. The fourth-order valence-electron chi connectivity index (χ4n) is 2.85. The second-order valence-electron chi connectivity index (χ2n) is 6.07. The van der Waals surface area contributed by atoms with Crippen LogP contribution in [0.1, 0.15) is 18.1 Å². The largest absolute Gasteiger partial charge is 0.295 e. The maximum absolute atomic E-state index is 12.9. The van der Waals surface area contributed by atoms with E-state index < -0.39 is 0 Å². The normalized spacial score (nSPS) is 18.9. The lowest BCUT2D eigenvalue weighted by molar-refractivity contribution is -0.113. The van der Waals surface area contributed by atoms with E-state index in [9.17, 15) is 4.79 Å². The zero-order chi connectivity index (χ0) is 17.8. The Hall–Kier alpha value is -1.87. The molecule has 0 bridgehead atoms. The molecule has 2 aromatic rings. The fourth-order valence-corrected chi connectivity index (χ4v) is 3.11. The van der Waals surface area contributed by atoms with Crippen molar-refractivity contribution < 1.29 is 4.79 Å². The third-order valence-corrected chi connectivity index (χ3v) is 4.74. The number of halogens is 2. The van der Waals surface area contributed by atoms with Gasteiger partial charge in [0.1, 0.15) is 0 Å². The summed E-state index contributed by atoms with van der Waals surface area (Å²) in [5.41, 5.74) is 3.57. The Morgan fingerprint density at radius 3 is 1.60 bits per heavy atom. The highest BCUT2D eigenvalue weighted by Gasteiger charge is 2.25. The average molecular weight is 372 g/mol. The van der Waals surface area contributed by atoms with Crippen LogP contribution >= 0.6 is 23.2 Å². The fraction of sp³-hybridized carbons (Fsp3) is 0.190. The number of hydrogen-bond donors (Lipinski definition) is 0. The highest BCUT2D eigenvalue weighted by atomic mass is 35.5. The molecule has 0 atom stereocenters. The van der Waals surface area contributed by atoms with Crippen LogP contribution in [0.15, 0.2) is 59.7 Å². The molecule has 0 unspecified atom stereocenters. The van der Waals surface area contributed by atoms with E-state index in [0.29, 0.717) is 23.1 Å². The number of hydrogen-bond acceptors (Lipinski definition) is 2. The van der Waals surface area contributed by atoms with Gasteiger partial charge in [-0.3, -0.25) is 9.69 Å². The molecule has 25 heavy (non-hydrogen) atoms. The first kappa shape index (κ1) is 17.9. The Balaban J connectivity index is 1.93. The quantitative estimate of drug-likeness (QED) is 0.676. The van der Waals surface area contributed by atoms with E-state index >= 15 is 0 Å². The first-order valence-electron chi connectivity index (χ1n) is 8.24. The molecule has 1 aliphatic heterocycles. The summed E-state index contributed by atoms with van der Waals surface area (Å²) in [6.07, 6.45) is 3.91. The van der Waals surface area contributed by atoms with Gasteiger partial charge in [-0.2, -0.15) is 0 Å². The SMILES string of the molecule is CCN1C/C(=C/c2ccc(Cl)cc2)C(=O)/C(=C/c2ccc(Cl)cc2)C1. The van der Waals surface area contributed by atoms with Crippen molar-refractivity contribution in [1.82, 2.24) is 4.90 Å². The monoisotopic (exact) mass is 371 g/mol. The van der Waals surface area contributed by atoms with E-state index in [1.165, 1.54) is 0 Å². The minimum absolute atomic E-state index is 0.106. The lowest BCUT2D eigenvalue weighted by Crippen LogP contribution is -2.37.